The monoisotopic (exact) mass is 450 g/mol. The van der Waals surface area contributed by atoms with Crippen molar-refractivity contribution in [1.29, 1.82) is 0 Å². The first-order valence-corrected chi connectivity index (χ1v) is 11.8. The minimum absolute atomic E-state index is 0.0606. The first kappa shape index (κ1) is 20.8. The molecule has 5 nitrogen and oxygen atoms in total. The van der Waals surface area contributed by atoms with Crippen LogP contribution >= 0.6 is 0 Å². The van der Waals surface area contributed by atoms with Crippen LogP contribution in [0.15, 0.2) is 36.4 Å². The molecule has 2 aliphatic heterocycles. The lowest BCUT2D eigenvalue weighted by molar-refractivity contribution is 0.159. The third-order valence-electron chi connectivity index (χ3n) is 7.33. The van der Waals surface area contributed by atoms with Gasteiger partial charge in [0.25, 0.3) is 0 Å². The second kappa shape index (κ2) is 8.24. The standard InChI is InChI=1S/C26H28F2N4O/c27-14-3-5-17-19(12-16-2-1-8-29-16)25(31-21(17)10-14)26-20(13-23-24(33)7-9-30-23)18-6-4-15(28)11-22(18)32-26/h3-6,10-11,16,23-24,29-33H,1-2,7-9,12-13H2/t16-,23+,24-/m0/s1. The zero-order valence-corrected chi connectivity index (χ0v) is 18.3. The van der Waals surface area contributed by atoms with Gasteiger partial charge < -0.3 is 25.7 Å². The molecule has 2 saturated heterocycles. The summed E-state index contributed by atoms with van der Waals surface area (Å²) in [4.78, 5) is 6.93. The van der Waals surface area contributed by atoms with E-state index in [1.54, 1.807) is 0 Å². The summed E-state index contributed by atoms with van der Waals surface area (Å²) >= 11 is 0. The number of fused-ring (bicyclic) bond motifs is 2. The van der Waals surface area contributed by atoms with Crippen LogP contribution in [-0.2, 0) is 12.8 Å². The molecule has 2 aliphatic rings. The molecule has 7 heteroatoms. The highest BCUT2D eigenvalue weighted by Gasteiger charge is 2.29. The molecule has 4 aromatic rings. The smallest absolute Gasteiger partial charge is 0.125 e. The summed E-state index contributed by atoms with van der Waals surface area (Å²) in [6, 6.07) is 10.0. The van der Waals surface area contributed by atoms with Gasteiger partial charge in [0, 0.05) is 33.9 Å². The highest BCUT2D eigenvalue weighted by Crippen LogP contribution is 2.38. The van der Waals surface area contributed by atoms with Crippen molar-refractivity contribution in [2.75, 3.05) is 13.1 Å². The van der Waals surface area contributed by atoms with Crippen LogP contribution in [0, 0.1) is 11.6 Å². The summed E-state index contributed by atoms with van der Waals surface area (Å²) in [6.07, 6.45) is 4.01. The number of rotatable bonds is 5. The quantitative estimate of drug-likeness (QED) is 0.317. The molecule has 2 aromatic heterocycles. The molecule has 0 aliphatic carbocycles. The van der Waals surface area contributed by atoms with Crippen molar-refractivity contribution in [3.05, 3.63) is 59.2 Å². The molecule has 2 fully saturated rings. The molecule has 0 unspecified atom stereocenters. The average molecular weight is 451 g/mol. The van der Waals surface area contributed by atoms with Gasteiger partial charge in [0.1, 0.15) is 11.6 Å². The van der Waals surface area contributed by atoms with Crippen LogP contribution in [0.1, 0.15) is 30.4 Å². The maximum Gasteiger partial charge on any atom is 0.125 e. The number of H-pyrrole nitrogens is 2. The highest BCUT2D eigenvalue weighted by atomic mass is 19.1. The van der Waals surface area contributed by atoms with Gasteiger partial charge in [-0.2, -0.15) is 0 Å². The van der Waals surface area contributed by atoms with E-state index in [9.17, 15) is 13.9 Å². The molecule has 33 heavy (non-hydrogen) atoms. The normalized spacial score (nSPS) is 23.3. The zero-order chi connectivity index (χ0) is 22.5. The molecule has 0 amide bonds. The number of aliphatic hydroxyl groups is 1. The van der Waals surface area contributed by atoms with Crippen molar-refractivity contribution in [3.63, 3.8) is 0 Å². The molecule has 5 N–H and O–H groups in total. The molecular weight excluding hydrogens is 422 g/mol. The van der Waals surface area contributed by atoms with Crippen molar-refractivity contribution in [2.24, 2.45) is 0 Å². The Morgan fingerprint density at radius 1 is 0.788 bits per heavy atom. The van der Waals surface area contributed by atoms with E-state index in [4.69, 9.17) is 0 Å². The fourth-order valence-corrected chi connectivity index (χ4v) is 5.67. The lowest BCUT2D eigenvalue weighted by Crippen LogP contribution is -2.32. The van der Waals surface area contributed by atoms with Gasteiger partial charge in [-0.15, -0.1) is 0 Å². The van der Waals surface area contributed by atoms with Crippen LogP contribution in [0.4, 0.5) is 8.78 Å². The van der Waals surface area contributed by atoms with Crippen LogP contribution in [0.2, 0.25) is 0 Å². The molecule has 172 valence electrons. The van der Waals surface area contributed by atoms with Gasteiger partial charge in [-0.25, -0.2) is 8.78 Å². The summed E-state index contributed by atoms with van der Waals surface area (Å²) in [7, 11) is 0. The van der Waals surface area contributed by atoms with Gasteiger partial charge in [-0.1, -0.05) is 0 Å². The van der Waals surface area contributed by atoms with Gasteiger partial charge in [-0.3, -0.25) is 0 Å². The Labute approximate surface area is 190 Å². The molecule has 0 saturated carbocycles. The number of benzene rings is 2. The molecule has 2 aromatic carbocycles. The Hall–Kier alpha value is -2.74. The third-order valence-corrected chi connectivity index (χ3v) is 7.33. The fourth-order valence-electron chi connectivity index (χ4n) is 5.67. The summed E-state index contributed by atoms with van der Waals surface area (Å²) in [5, 5.41) is 19.4. The molecule has 4 heterocycles. The summed E-state index contributed by atoms with van der Waals surface area (Å²) < 4.78 is 28.2. The van der Waals surface area contributed by atoms with E-state index in [1.165, 1.54) is 24.3 Å². The maximum absolute atomic E-state index is 14.1. The SMILES string of the molecule is O[C@H]1CCN[C@@H]1Cc1c(-c2[nH]c3cc(F)ccc3c2C[C@@H]2CCCN2)[nH]c2cc(F)ccc12. The van der Waals surface area contributed by atoms with E-state index in [0.29, 0.717) is 12.5 Å². The maximum atomic E-state index is 14.1. The Balaban J connectivity index is 1.54. The average Bonchev–Trinajstić information content (AvgIpc) is 3.57. The van der Waals surface area contributed by atoms with Crippen molar-refractivity contribution >= 4 is 21.8 Å². The summed E-state index contributed by atoms with van der Waals surface area (Å²) in [5.74, 6) is -0.576. The lowest BCUT2D eigenvalue weighted by atomic mass is 9.95. The van der Waals surface area contributed by atoms with Crippen LogP contribution < -0.4 is 10.6 Å². The van der Waals surface area contributed by atoms with Crippen molar-refractivity contribution in [2.45, 2.75) is 50.3 Å². The number of hydrogen-bond acceptors (Lipinski definition) is 3. The van der Waals surface area contributed by atoms with Crippen molar-refractivity contribution in [3.8, 4) is 11.4 Å². The number of aromatic nitrogens is 2. The number of hydrogen-bond donors (Lipinski definition) is 5. The van der Waals surface area contributed by atoms with Gasteiger partial charge in [0.2, 0.25) is 0 Å². The van der Waals surface area contributed by atoms with Crippen molar-refractivity contribution in [1.82, 2.24) is 20.6 Å². The molecule has 3 atom stereocenters. The lowest BCUT2D eigenvalue weighted by Gasteiger charge is -2.16. The topological polar surface area (TPSA) is 75.9 Å². The number of aliphatic hydroxyl groups excluding tert-OH is 1. The minimum atomic E-state index is -0.415. The molecule has 6 rings (SSSR count). The molecule has 0 spiro atoms. The van der Waals surface area contributed by atoms with Crippen LogP contribution in [0.5, 0.6) is 0 Å². The summed E-state index contributed by atoms with van der Waals surface area (Å²) in [6.45, 7) is 1.79. The highest BCUT2D eigenvalue weighted by molar-refractivity contribution is 5.96. The van der Waals surface area contributed by atoms with Crippen LogP contribution in [0.3, 0.4) is 0 Å². The molecule has 0 bridgehead atoms. The van der Waals surface area contributed by atoms with Crippen LogP contribution in [-0.4, -0.2) is 46.4 Å². The minimum Gasteiger partial charge on any atom is -0.391 e. The Morgan fingerprint density at radius 3 is 1.97 bits per heavy atom. The van der Waals surface area contributed by atoms with E-state index in [-0.39, 0.29) is 17.7 Å². The largest absolute Gasteiger partial charge is 0.391 e. The second-order valence-corrected chi connectivity index (χ2v) is 9.46. The van der Waals surface area contributed by atoms with Gasteiger partial charge in [-0.05, 0) is 92.7 Å². The van der Waals surface area contributed by atoms with E-state index in [1.807, 2.05) is 12.1 Å². The zero-order valence-electron chi connectivity index (χ0n) is 18.3. The van der Waals surface area contributed by atoms with Crippen molar-refractivity contribution < 1.29 is 13.9 Å². The fraction of sp³-hybridized carbons (Fsp3) is 0.385. The Morgan fingerprint density at radius 2 is 1.42 bits per heavy atom. The van der Waals surface area contributed by atoms with E-state index < -0.39 is 6.10 Å². The van der Waals surface area contributed by atoms with Gasteiger partial charge in [0.05, 0.1) is 17.5 Å². The first-order valence-electron chi connectivity index (χ1n) is 11.8. The molecular formula is C26H28F2N4O. The van der Waals surface area contributed by atoms with Crippen LogP contribution in [0.25, 0.3) is 33.2 Å². The number of nitrogens with one attached hydrogen (secondary N) is 4. The predicted octanol–water partition coefficient (Wildman–Crippen LogP) is 4.15. The first-order chi connectivity index (χ1) is 16.1. The summed E-state index contributed by atoms with van der Waals surface area (Å²) in [5.41, 5.74) is 5.47. The Kier molecular flexibility index (Phi) is 5.20. The van der Waals surface area contributed by atoms with E-state index >= 15 is 0 Å². The number of halogens is 2. The Bertz CT molecular complexity index is 1320. The predicted molar refractivity (Wildman–Crippen MR) is 126 cm³/mol. The van der Waals surface area contributed by atoms with E-state index in [2.05, 4.69) is 20.6 Å². The third kappa shape index (κ3) is 3.74. The number of aromatic amines is 2. The van der Waals surface area contributed by atoms with E-state index in [0.717, 1.165) is 83.1 Å². The van der Waals surface area contributed by atoms with Gasteiger partial charge in [0.15, 0.2) is 0 Å². The molecule has 0 radical (unpaired) electrons. The second-order valence-electron chi connectivity index (χ2n) is 9.46. The van der Waals surface area contributed by atoms with Gasteiger partial charge >= 0.3 is 0 Å².